The third kappa shape index (κ3) is 4.19. The average Bonchev–Trinajstić information content (AvgIpc) is 2.53. The van der Waals surface area contributed by atoms with Gasteiger partial charge in [-0.2, -0.15) is 0 Å². The zero-order valence-corrected chi connectivity index (χ0v) is 17.0. The molecule has 1 aliphatic heterocycles. The monoisotopic (exact) mass is 372 g/mol. The van der Waals surface area contributed by atoms with Crippen molar-refractivity contribution in [2.24, 2.45) is 0 Å². The SMILES string of the molecule is C#Cc1c(C)c(C(=O)O)c(C)c(N2CCN(C(=O)OC(C)(C)C)CC2)c1C. The van der Waals surface area contributed by atoms with Gasteiger partial charge in [0, 0.05) is 37.4 Å². The molecule has 1 aromatic rings. The molecular formula is C21H28N2O4. The molecule has 1 heterocycles. The lowest BCUT2D eigenvalue weighted by Crippen LogP contribution is -2.50. The van der Waals surface area contributed by atoms with Crippen LogP contribution in [0.2, 0.25) is 0 Å². The van der Waals surface area contributed by atoms with Crippen molar-refractivity contribution in [3.63, 3.8) is 0 Å². The Balaban J connectivity index is 2.31. The summed E-state index contributed by atoms with van der Waals surface area (Å²) in [6, 6.07) is 0. The van der Waals surface area contributed by atoms with Gasteiger partial charge in [-0.1, -0.05) is 5.92 Å². The number of amides is 1. The van der Waals surface area contributed by atoms with E-state index in [0.29, 0.717) is 42.9 Å². The Labute approximate surface area is 161 Å². The number of anilines is 1. The summed E-state index contributed by atoms with van der Waals surface area (Å²) in [6.45, 7) is 13.2. The highest BCUT2D eigenvalue weighted by atomic mass is 16.6. The molecule has 6 heteroatoms. The number of aromatic carboxylic acids is 1. The van der Waals surface area contributed by atoms with E-state index in [1.165, 1.54) is 0 Å². The molecule has 0 spiro atoms. The van der Waals surface area contributed by atoms with Crippen LogP contribution < -0.4 is 4.90 Å². The number of carbonyl (C=O) groups excluding carboxylic acids is 1. The minimum Gasteiger partial charge on any atom is -0.478 e. The second kappa shape index (κ2) is 7.51. The Morgan fingerprint density at radius 1 is 1.04 bits per heavy atom. The van der Waals surface area contributed by atoms with Crippen LogP contribution in [0.4, 0.5) is 10.5 Å². The van der Waals surface area contributed by atoms with Gasteiger partial charge in [0.2, 0.25) is 0 Å². The topological polar surface area (TPSA) is 70.1 Å². The van der Waals surface area contributed by atoms with E-state index < -0.39 is 11.6 Å². The molecule has 0 bridgehead atoms. The fourth-order valence-electron chi connectivity index (χ4n) is 3.66. The number of carbonyl (C=O) groups is 2. The number of terminal acetylenes is 1. The molecule has 0 saturated carbocycles. The van der Waals surface area contributed by atoms with Crippen LogP contribution in [-0.4, -0.2) is 53.8 Å². The van der Waals surface area contributed by atoms with E-state index in [1.54, 1.807) is 11.8 Å². The van der Waals surface area contributed by atoms with Crippen LogP contribution in [-0.2, 0) is 4.74 Å². The number of benzene rings is 1. The van der Waals surface area contributed by atoms with Gasteiger partial charge in [0.15, 0.2) is 0 Å². The maximum atomic E-state index is 12.3. The highest BCUT2D eigenvalue weighted by Crippen LogP contribution is 2.34. The smallest absolute Gasteiger partial charge is 0.410 e. The van der Waals surface area contributed by atoms with Gasteiger partial charge in [-0.25, -0.2) is 9.59 Å². The van der Waals surface area contributed by atoms with Crippen molar-refractivity contribution in [1.29, 1.82) is 0 Å². The quantitative estimate of drug-likeness (QED) is 0.806. The number of rotatable bonds is 2. The molecule has 0 atom stereocenters. The van der Waals surface area contributed by atoms with Crippen LogP contribution in [0.1, 0.15) is 53.4 Å². The van der Waals surface area contributed by atoms with Gasteiger partial charge >= 0.3 is 12.1 Å². The van der Waals surface area contributed by atoms with E-state index >= 15 is 0 Å². The number of nitrogens with zero attached hydrogens (tertiary/aromatic N) is 2. The Kier molecular flexibility index (Phi) is 5.74. The molecule has 0 aliphatic carbocycles. The highest BCUT2D eigenvalue weighted by Gasteiger charge is 2.29. The number of piperazine rings is 1. The first-order valence-corrected chi connectivity index (χ1v) is 9.04. The molecule has 0 aromatic heterocycles. The Morgan fingerprint density at radius 3 is 2.04 bits per heavy atom. The lowest BCUT2D eigenvalue weighted by atomic mass is 9.90. The number of carboxylic acid groups (broad SMARTS) is 1. The lowest BCUT2D eigenvalue weighted by molar-refractivity contribution is 0.0240. The maximum Gasteiger partial charge on any atom is 0.410 e. The first-order valence-electron chi connectivity index (χ1n) is 9.04. The van der Waals surface area contributed by atoms with E-state index in [4.69, 9.17) is 11.2 Å². The van der Waals surface area contributed by atoms with Gasteiger partial charge in [-0.05, 0) is 58.2 Å². The highest BCUT2D eigenvalue weighted by molar-refractivity contribution is 5.95. The summed E-state index contributed by atoms with van der Waals surface area (Å²) in [6.07, 6.45) is 5.33. The van der Waals surface area contributed by atoms with Crippen molar-refractivity contribution < 1.29 is 19.4 Å². The molecule has 1 saturated heterocycles. The summed E-state index contributed by atoms with van der Waals surface area (Å²) in [5, 5.41) is 9.65. The van der Waals surface area contributed by atoms with E-state index in [0.717, 1.165) is 11.3 Å². The van der Waals surface area contributed by atoms with Gasteiger partial charge in [-0.3, -0.25) is 0 Å². The van der Waals surface area contributed by atoms with Crippen LogP contribution in [0.3, 0.4) is 0 Å². The summed E-state index contributed by atoms with van der Waals surface area (Å²) in [5.74, 6) is 1.67. The fraction of sp³-hybridized carbons (Fsp3) is 0.524. The van der Waals surface area contributed by atoms with Crippen molar-refractivity contribution in [2.45, 2.75) is 47.1 Å². The second-order valence-electron chi connectivity index (χ2n) is 7.88. The van der Waals surface area contributed by atoms with E-state index in [2.05, 4.69) is 10.8 Å². The molecule has 0 unspecified atom stereocenters. The van der Waals surface area contributed by atoms with Crippen LogP contribution in [0, 0.1) is 33.1 Å². The summed E-state index contributed by atoms with van der Waals surface area (Å²) in [5.41, 5.74) is 3.45. The van der Waals surface area contributed by atoms with Gasteiger partial charge in [-0.15, -0.1) is 6.42 Å². The minimum atomic E-state index is -0.977. The standard InChI is InChI=1S/C21H28N2O4/c1-8-16-13(2)17(19(24)25)15(4)18(14(16)3)22-9-11-23(12-10-22)20(26)27-21(5,6)7/h1H,9-12H2,2-7H3,(H,24,25). The molecule has 0 radical (unpaired) electrons. The summed E-state index contributed by atoms with van der Waals surface area (Å²) < 4.78 is 5.43. The lowest BCUT2D eigenvalue weighted by Gasteiger charge is -2.38. The second-order valence-corrected chi connectivity index (χ2v) is 7.88. The van der Waals surface area contributed by atoms with Crippen molar-refractivity contribution in [1.82, 2.24) is 4.90 Å². The first kappa shape index (κ1) is 20.6. The van der Waals surface area contributed by atoms with E-state index in [-0.39, 0.29) is 11.7 Å². The van der Waals surface area contributed by atoms with Crippen molar-refractivity contribution in [2.75, 3.05) is 31.1 Å². The zero-order valence-electron chi connectivity index (χ0n) is 17.0. The van der Waals surface area contributed by atoms with Crippen molar-refractivity contribution in [3.05, 3.63) is 27.8 Å². The maximum absolute atomic E-state index is 12.3. The molecule has 146 valence electrons. The van der Waals surface area contributed by atoms with Gasteiger partial charge in [0.05, 0.1) is 5.56 Å². The summed E-state index contributed by atoms with van der Waals surface area (Å²) in [7, 11) is 0. The molecule has 1 amide bonds. The number of hydrogen-bond acceptors (Lipinski definition) is 4. The molecule has 1 aliphatic rings. The van der Waals surface area contributed by atoms with Gasteiger partial charge < -0.3 is 19.6 Å². The average molecular weight is 372 g/mol. The Bertz CT molecular complexity index is 807. The molecule has 1 N–H and O–H groups in total. The first-order chi connectivity index (χ1) is 12.5. The molecule has 1 fully saturated rings. The van der Waals surface area contributed by atoms with Crippen molar-refractivity contribution in [3.8, 4) is 12.3 Å². The van der Waals surface area contributed by atoms with Gasteiger partial charge in [0.25, 0.3) is 0 Å². The minimum absolute atomic E-state index is 0.262. The van der Waals surface area contributed by atoms with E-state index in [1.807, 2.05) is 34.6 Å². The molecule has 2 rings (SSSR count). The zero-order chi connectivity index (χ0) is 20.5. The van der Waals surface area contributed by atoms with Crippen LogP contribution in [0.25, 0.3) is 0 Å². The predicted octanol–water partition coefficient (Wildman–Crippen LogP) is 3.35. The number of ether oxygens (including phenoxy) is 1. The van der Waals surface area contributed by atoms with Gasteiger partial charge in [0.1, 0.15) is 5.60 Å². The number of hydrogen-bond donors (Lipinski definition) is 1. The van der Waals surface area contributed by atoms with Crippen LogP contribution >= 0.6 is 0 Å². The normalized spacial score (nSPS) is 14.7. The molecule has 1 aromatic carbocycles. The molecule has 6 nitrogen and oxygen atoms in total. The van der Waals surface area contributed by atoms with Crippen LogP contribution in [0.15, 0.2) is 0 Å². The molecular weight excluding hydrogens is 344 g/mol. The third-order valence-electron chi connectivity index (χ3n) is 4.82. The predicted molar refractivity (Wildman–Crippen MR) is 106 cm³/mol. The largest absolute Gasteiger partial charge is 0.478 e. The van der Waals surface area contributed by atoms with Crippen LogP contribution in [0.5, 0.6) is 0 Å². The number of carboxylic acids is 1. The Morgan fingerprint density at radius 2 is 1.59 bits per heavy atom. The van der Waals surface area contributed by atoms with E-state index in [9.17, 15) is 14.7 Å². The molecule has 27 heavy (non-hydrogen) atoms. The summed E-state index contributed by atoms with van der Waals surface area (Å²) in [4.78, 5) is 27.8. The Hall–Kier alpha value is -2.68. The summed E-state index contributed by atoms with van der Waals surface area (Å²) >= 11 is 0. The van der Waals surface area contributed by atoms with Crippen molar-refractivity contribution >= 4 is 17.7 Å². The fourth-order valence-corrected chi connectivity index (χ4v) is 3.66. The third-order valence-corrected chi connectivity index (χ3v) is 4.82.